The lowest BCUT2D eigenvalue weighted by Gasteiger charge is -2.16. The van der Waals surface area contributed by atoms with Crippen LogP contribution in [0.4, 0.5) is 5.00 Å². The van der Waals surface area contributed by atoms with Crippen LogP contribution in [0.1, 0.15) is 34.1 Å². The summed E-state index contributed by atoms with van der Waals surface area (Å²) in [6.45, 7) is 7.01. The van der Waals surface area contributed by atoms with E-state index in [9.17, 15) is 9.59 Å². The molecule has 0 aliphatic carbocycles. The Morgan fingerprint density at radius 2 is 2.20 bits per heavy atom. The summed E-state index contributed by atoms with van der Waals surface area (Å²) in [4.78, 5) is 27.0. The van der Waals surface area contributed by atoms with Gasteiger partial charge in [-0.05, 0) is 38.8 Å². The molecule has 1 fully saturated rings. The lowest BCUT2D eigenvalue weighted by atomic mass is 10.1. The third kappa shape index (κ3) is 2.58. The summed E-state index contributed by atoms with van der Waals surface area (Å²) in [5.74, 6) is -0.152. The molecule has 110 valence electrons. The lowest BCUT2D eigenvalue weighted by Crippen LogP contribution is -2.26. The second-order valence-electron chi connectivity index (χ2n) is 4.99. The molecule has 0 bridgehead atoms. The first-order valence-electron chi connectivity index (χ1n) is 6.77. The minimum Gasteiger partial charge on any atom is -0.462 e. The molecule has 6 heteroatoms. The van der Waals surface area contributed by atoms with Crippen LogP contribution < -0.4 is 10.6 Å². The smallest absolute Gasteiger partial charge is 0.341 e. The van der Waals surface area contributed by atoms with E-state index in [0.29, 0.717) is 36.7 Å². The zero-order chi connectivity index (χ0) is 14.9. The maximum absolute atomic E-state index is 12.1. The SMILES string of the molecule is CCOC(=O)c1c(N2CC(CN)CC2=O)sc(C)c1C. The molecule has 1 aromatic rings. The molecular weight excluding hydrogens is 276 g/mol. The van der Waals surface area contributed by atoms with E-state index in [1.165, 1.54) is 11.3 Å². The van der Waals surface area contributed by atoms with Crippen molar-refractivity contribution >= 4 is 28.2 Å². The Balaban J connectivity index is 2.39. The van der Waals surface area contributed by atoms with Crippen LogP contribution in [0.2, 0.25) is 0 Å². The topological polar surface area (TPSA) is 72.6 Å². The van der Waals surface area contributed by atoms with Crippen molar-refractivity contribution < 1.29 is 14.3 Å². The van der Waals surface area contributed by atoms with Gasteiger partial charge >= 0.3 is 5.97 Å². The van der Waals surface area contributed by atoms with Gasteiger partial charge in [0.1, 0.15) is 5.00 Å². The number of rotatable bonds is 4. The van der Waals surface area contributed by atoms with Gasteiger partial charge in [-0.15, -0.1) is 11.3 Å². The van der Waals surface area contributed by atoms with E-state index in [4.69, 9.17) is 10.5 Å². The van der Waals surface area contributed by atoms with Crippen LogP contribution >= 0.6 is 11.3 Å². The maximum atomic E-state index is 12.1. The molecule has 1 aliphatic rings. The second-order valence-corrected chi connectivity index (χ2v) is 6.20. The summed E-state index contributed by atoms with van der Waals surface area (Å²) < 4.78 is 5.12. The monoisotopic (exact) mass is 296 g/mol. The van der Waals surface area contributed by atoms with Crippen molar-refractivity contribution in [1.82, 2.24) is 0 Å². The Morgan fingerprint density at radius 1 is 1.50 bits per heavy atom. The number of nitrogens with zero attached hydrogens (tertiary/aromatic N) is 1. The summed E-state index contributed by atoms with van der Waals surface area (Å²) in [6.07, 6.45) is 0.453. The van der Waals surface area contributed by atoms with Crippen LogP contribution in [0.5, 0.6) is 0 Å². The maximum Gasteiger partial charge on any atom is 0.341 e. The van der Waals surface area contributed by atoms with Crippen molar-refractivity contribution in [1.29, 1.82) is 0 Å². The van der Waals surface area contributed by atoms with Gasteiger partial charge in [-0.25, -0.2) is 4.79 Å². The molecule has 0 aromatic carbocycles. The molecule has 2 N–H and O–H groups in total. The molecule has 0 saturated carbocycles. The minimum atomic E-state index is -0.353. The van der Waals surface area contributed by atoms with Crippen LogP contribution in [-0.2, 0) is 9.53 Å². The highest BCUT2D eigenvalue weighted by molar-refractivity contribution is 7.16. The predicted octanol–water partition coefficient (Wildman–Crippen LogP) is 1.85. The van der Waals surface area contributed by atoms with Crippen molar-refractivity contribution in [2.24, 2.45) is 11.7 Å². The van der Waals surface area contributed by atoms with E-state index in [0.717, 1.165) is 10.4 Å². The standard InChI is InChI=1S/C14H20N2O3S/c1-4-19-14(18)12-8(2)9(3)20-13(12)16-7-10(6-15)5-11(16)17/h10H,4-7,15H2,1-3H3. The fourth-order valence-corrected chi connectivity index (χ4v) is 3.55. The number of hydrogen-bond donors (Lipinski definition) is 1. The Hall–Kier alpha value is -1.40. The lowest BCUT2D eigenvalue weighted by molar-refractivity contribution is -0.117. The summed E-state index contributed by atoms with van der Waals surface area (Å²) in [7, 11) is 0. The van der Waals surface area contributed by atoms with E-state index in [1.54, 1.807) is 11.8 Å². The highest BCUT2D eigenvalue weighted by Gasteiger charge is 2.34. The molecule has 2 rings (SSSR count). The molecule has 20 heavy (non-hydrogen) atoms. The Morgan fingerprint density at radius 3 is 2.75 bits per heavy atom. The van der Waals surface area contributed by atoms with Crippen molar-refractivity contribution in [3.63, 3.8) is 0 Å². The van der Waals surface area contributed by atoms with Gasteiger partial charge in [-0.3, -0.25) is 4.79 Å². The number of hydrogen-bond acceptors (Lipinski definition) is 5. The van der Waals surface area contributed by atoms with E-state index in [-0.39, 0.29) is 17.8 Å². The van der Waals surface area contributed by atoms with Crippen molar-refractivity contribution in [3.05, 3.63) is 16.0 Å². The molecule has 2 heterocycles. The van der Waals surface area contributed by atoms with Gasteiger partial charge in [0.05, 0.1) is 12.2 Å². The molecule has 1 saturated heterocycles. The summed E-state index contributed by atoms with van der Waals surface area (Å²) in [5.41, 5.74) is 7.07. The van der Waals surface area contributed by atoms with Gasteiger partial charge in [0.2, 0.25) is 5.91 Å². The first-order chi connectivity index (χ1) is 9.49. The third-order valence-electron chi connectivity index (χ3n) is 3.63. The van der Waals surface area contributed by atoms with E-state index < -0.39 is 0 Å². The van der Waals surface area contributed by atoms with Gasteiger partial charge in [-0.1, -0.05) is 0 Å². The first kappa shape index (κ1) is 15.0. The molecule has 1 aromatic heterocycles. The van der Waals surface area contributed by atoms with E-state index in [2.05, 4.69) is 0 Å². The summed E-state index contributed by atoms with van der Waals surface area (Å²) in [5, 5.41) is 0.708. The molecular formula is C14H20N2O3S. The summed E-state index contributed by atoms with van der Waals surface area (Å²) >= 11 is 1.47. The van der Waals surface area contributed by atoms with E-state index in [1.807, 2.05) is 13.8 Å². The number of carbonyl (C=O) groups is 2. The average Bonchev–Trinajstić information content (AvgIpc) is 2.91. The van der Waals surface area contributed by atoms with Crippen LogP contribution in [0.25, 0.3) is 0 Å². The highest BCUT2D eigenvalue weighted by Crippen LogP contribution is 2.38. The average molecular weight is 296 g/mol. The van der Waals surface area contributed by atoms with Gasteiger partial charge in [0.25, 0.3) is 0 Å². The molecule has 1 amide bonds. The number of ether oxygens (including phenoxy) is 1. The van der Waals surface area contributed by atoms with Crippen LogP contribution in [0.15, 0.2) is 0 Å². The minimum absolute atomic E-state index is 0.0345. The predicted molar refractivity (Wildman–Crippen MR) is 79.3 cm³/mol. The largest absolute Gasteiger partial charge is 0.462 e. The number of nitrogens with two attached hydrogens (primary N) is 1. The first-order valence-corrected chi connectivity index (χ1v) is 7.58. The van der Waals surface area contributed by atoms with Gasteiger partial charge in [0.15, 0.2) is 0 Å². The van der Waals surface area contributed by atoms with E-state index >= 15 is 0 Å². The Bertz CT molecular complexity index is 539. The number of thiophene rings is 1. The van der Waals surface area contributed by atoms with Crippen LogP contribution in [-0.4, -0.2) is 31.6 Å². The molecule has 0 spiro atoms. The van der Waals surface area contributed by atoms with Gasteiger partial charge in [-0.2, -0.15) is 0 Å². The second kappa shape index (κ2) is 5.93. The molecule has 1 aliphatic heterocycles. The summed E-state index contributed by atoms with van der Waals surface area (Å²) in [6, 6.07) is 0. The fourth-order valence-electron chi connectivity index (χ4n) is 2.38. The highest BCUT2D eigenvalue weighted by atomic mass is 32.1. The Kier molecular flexibility index (Phi) is 4.45. The van der Waals surface area contributed by atoms with Gasteiger partial charge in [0, 0.05) is 17.8 Å². The zero-order valence-corrected chi connectivity index (χ0v) is 12.9. The van der Waals surface area contributed by atoms with Crippen molar-refractivity contribution in [2.45, 2.75) is 27.2 Å². The van der Waals surface area contributed by atoms with Crippen LogP contribution in [0.3, 0.4) is 0 Å². The van der Waals surface area contributed by atoms with Crippen molar-refractivity contribution in [2.75, 3.05) is 24.6 Å². The number of anilines is 1. The zero-order valence-electron chi connectivity index (χ0n) is 12.1. The number of aryl methyl sites for hydroxylation is 1. The number of amides is 1. The quantitative estimate of drug-likeness (QED) is 0.861. The fraction of sp³-hybridized carbons (Fsp3) is 0.571. The molecule has 0 radical (unpaired) electrons. The van der Waals surface area contributed by atoms with Crippen molar-refractivity contribution in [3.8, 4) is 0 Å². The molecule has 1 unspecified atom stereocenters. The van der Waals surface area contributed by atoms with Gasteiger partial charge < -0.3 is 15.4 Å². The number of carbonyl (C=O) groups excluding carboxylic acids is 2. The number of esters is 1. The van der Waals surface area contributed by atoms with Crippen LogP contribution in [0, 0.1) is 19.8 Å². The Labute approximate surface area is 122 Å². The molecule has 5 nitrogen and oxygen atoms in total. The normalized spacial score (nSPS) is 18.7. The molecule has 1 atom stereocenters. The third-order valence-corrected chi connectivity index (χ3v) is 4.86.